The van der Waals surface area contributed by atoms with Gasteiger partial charge in [-0.25, -0.2) is 0 Å². The summed E-state index contributed by atoms with van der Waals surface area (Å²) in [5, 5.41) is 0. The Morgan fingerprint density at radius 1 is 0.711 bits per heavy atom. The van der Waals surface area contributed by atoms with Gasteiger partial charge in [-0.15, -0.1) is 0 Å². The number of hydrogen-bond donors (Lipinski definition) is 0. The van der Waals surface area contributed by atoms with Gasteiger partial charge in [-0.3, -0.25) is 0 Å². The van der Waals surface area contributed by atoms with Crippen molar-refractivity contribution in [2.45, 2.75) is 99.3 Å². The van der Waals surface area contributed by atoms with Gasteiger partial charge >= 0.3 is 26.2 Å². The molecule has 38 heavy (non-hydrogen) atoms. The molecule has 0 spiro atoms. The van der Waals surface area contributed by atoms with Crippen LogP contribution in [0.15, 0.2) is 59.7 Å². The van der Waals surface area contributed by atoms with E-state index in [1.807, 2.05) is 0 Å². The van der Waals surface area contributed by atoms with Crippen LogP contribution < -0.4 is 24.8 Å². The second-order valence-corrected chi connectivity index (χ2v) is 15.1. The summed E-state index contributed by atoms with van der Waals surface area (Å²) in [7, 11) is 0. The molecule has 0 nitrogen and oxygen atoms in total. The van der Waals surface area contributed by atoms with E-state index in [4.69, 9.17) is 0 Å². The van der Waals surface area contributed by atoms with Crippen LogP contribution in [-0.2, 0) is 37.0 Å². The van der Waals surface area contributed by atoms with Crippen molar-refractivity contribution < 1.29 is 51.0 Å². The molecule has 5 rings (SSSR count). The van der Waals surface area contributed by atoms with Crippen molar-refractivity contribution in [3.8, 4) is 11.1 Å². The van der Waals surface area contributed by atoms with Crippen molar-refractivity contribution in [2.24, 2.45) is 22.7 Å². The third-order valence-electron chi connectivity index (χ3n) is 9.33. The Morgan fingerprint density at radius 2 is 1.16 bits per heavy atom. The van der Waals surface area contributed by atoms with Gasteiger partial charge in [-0.1, -0.05) is 130 Å². The predicted octanol–water partition coefficient (Wildman–Crippen LogP) is 3.97. The molecule has 204 valence electrons. The van der Waals surface area contributed by atoms with Crippen LogP contribution in [0.1, 0.15) is 111 Å². The Morgan fingerprint density at radius 3 is 1.55 bits per heavy atom. The molecule has 0 aliphatic heterocycles. The van der Waals surface area contributed by atoms with Gasteiger partial charge in [0.05, 0.1) is 0 Å². The number of rotatable bonds is 1. The maximum Gasteiger partial charge on any atom is 2.00 e. The molecule has 1 fully saturated rings. The van der Waals surface area contributed by atoms with E-state index in [0.717, 1.165) is 0 Å². The maximum absolute atomic E-state index is 2.64. The molecule has 3 unspecified atom stereocenters. The SMILES string of the molecule is CC1CC(C)(C2c3ccc(C(C)(C)C)cc3-c3cc(C(C)(C)C)ccc32)C2C=C(C(C)(C)C)C=C12.[Cl-].[Cl-].[Zr+2]. The number of benzene rings is 2. The van der Waals surface area contributed by atoms with Crippen molar-refractivity contribution in [3.63, 3.8) is 0 Å². The van der Waals surface area contributed by atoms with Crippen molar-refractivity contribution in [2.75, 3.05) is 0 Å². The van der Waals surface area contributed by atoms with Gasteiger partial charge in [0.15, 0.2) is 0 Å². The van der Waals surface area contributed by atoms with Crippen LogP contribution in [0.2, 0.25) is 0 Å². The molecule has 3 aliphatic carbocycles. The van der Waals surface area contributed by atoms with Gasteiger partial charge in [0.2, 0.25) is 0 Å². The molecule has 0 radical (unpaired) electrons. The van der Waals surface area contributed by atoms with E-state index in [1.165, 1.54) is 34.2 Å². The van der Waals surface area contributed by atoms with E-state index in [2.05, 4.69) is 125 Å². The van der Waals surface area contributed by atoms with Crippen molar-refractivity contribution in [1.29, 1.82) is 0 Å². The molecule has 0 saturated heterocycles. The summed E-state index contributed by atoms with van der Waals surface area (Å²) in [5.41, 5.74) is 12.8. The van der Waals surface area contributed by atoms with Gasteiger partial charge in [-0.2, -0.15) is 0 Å². The first-order chi connectivity index (χ1) is 16.0. The second kappa shape index (κ2) is 10.7. The first-order valence-corrected chi connectivity index (χ1v) is 13.7. The van der Waals surface area contributed by atoms with E-state index in [0.29, 0.717) is 17.8 Å². The molecule has 2 aromatic carbocycles. The monoisotopic (exact) mass is 626 g/mol. The zero-order chi connectivity index (χ0) is 25.7. The first-order valence-electron chi connectivity index (χ1n) is 13.7. The number of hydrogen-bond acceptors (Lipinski definition) is 0. The Labute approximate surface area is 264 Å². The molecule has 0 amide bonds. The van der Waals surface area contributed by atoms with Gasteiger partial charge in [0.1, 0.15) is 0 Å². The van der Waals surface area contributed by atoms with Crippen molar-refractivity contribution in [3.05, 3.63) is 82.0 Å². The smallest absolute Gasteiger partial charge is 1.00 e. The van der Waals surface area contributed by atoms with Gasteiger partial charge in [0.25, 0.3) is 0 Å². The molecule has 0 bridgehead atoms. The Balaban J connectivity index is 0.00000169. The van der Waals surface area contributed by atoms with Crippen LogP contribution in [-0.4, -0.2) is 0 Å². The number of halogens is 2. The van der Waals surface area contributed by atoms with Crippen LogP contribution in [0.25, 0.3) is 11.1 Å². The molecule has 3 atom stereocenters. The van der Waals surface area contributed by atoms with E-state index >= 15 is 0 Å². The van der Waals surface area contributed by atoms with Crippen LogP contribution in [0.3, 0.4) is 0 Å². The Bertz CT molecular complexity index is 1200. The van der Waals surface area contributed by atoms with Crippen LogP contribution >= 0.6 is 0 Å². The van der Waals surface area contributed by atoms with E-state index in [9.17, 15) is 0 Å². The first kappa shape index (κ1) is 33.6. The standard InChI is InChI=1S/C35H46.2ClH.Zr/c1-21-20-35(11,30-19-24(18-27(21)30)34(8,9)10)31-25-14-12-22(32(2,3)4)16-28(25)29-17-23(33(5,6)7)13-15-26(29)31;;;/h12-19,21,30-31H,20H2,1-11H3;2*1H;/q;;;+2/p-2. The van der Waals surface area contributed by atoms with E-state index in [1.54, 1.807) is 16.7 Å². The van der Waals surface area contributed by atoms with E-state index < -0.39 is 0 Å². The van der Waals surface area contributed by atoms with Crippen molar-refractivity contribution >= 4 is 0 Å². The Hall–Kier alpha value is -0.617. The molecule has 3 aliphatic rings. The summed E-state index contributed by atoms with van der Waals surface area (Å²) in [6.07, 6.45) is 6.45. The summed E-state index contributed by atoms with van der Waals surface area (Å²) in [6.45, 7) is 26.2. The second-order valence-electron chi connectivity index (χ2n) is 15.1. The van der Waals surface area contributed by atoms with Gasteiger partial charge in [-0.05, 0) is 73.0 Å². The molecular weight excluding hydrogens is 583 g/mol. The van der Waals surface area contributed by atoms with Gasteiger partial charge < -0.3 is 24.8 Å². The summed E-state index contributed by atoms with van der Waals surface area (Å²) in [4.78, 5) is 0. The summed E-state index contributed by atoms with van der Waals surface area (Å²) < 4.78 is 0. The zero-order valence-corrected chi connectivity index (χ0v) is 29.3. The van der Waals surface area contributed by atoms with Crippen LogP contribution in [0.4, 0.5) is 0 Å². The average molecular weight is 629 g/mol. The third-order valence-corrected chi connectivity index (χ3v) is 9.33. The molecule has 0 heterocycles. The zero-order valence-electron chi connectivity index (χ0n) is 25.3. The summed E-state index contributed by atoms with van der Waals surface area (Å²) in [6, 6.07) is 14.8. The van der Waals surface area contributed by atoms with Crippen LogP contribution in [0, 0.1) is 22.7 Å². The largest absolute Gasteiger partial charge is 2.00 e. The quantitative estimate of drug-likeness (QED) is 0.449. The normalized spacial score (nSPS) is 24.3. The minimum absolute atomic E-state index is 0. The van der Waals surface area contributed by atoms with Gasteiger partial charge in [0, 0.05) is 11.8 Å². The third kappa shape index (κ3) is 5.35. The fourth-order valence-electron chi connectivity index (χ4n) is 7.18. The minimum atomic E-state index is 0. The minimum Gasteiger partial charge on any atom is -1.00 e. The molecular formula is C35H46Cl2Zr. The summed E-state index contributed by atoms with van der Waals surface area (Å²) >= 11 is 0. The fraction of sp³-hybridized carbons (Fsp3) is 0.543. The van der Waals surface area contributed by atoms with E-state index in [-0.39, 0.29) is 72.7 Å². The Kier molecular flexibility index (Phi) is 9.42. The molecule has 3 heteroatoms. The fourth-order valence-corrected chi connectivity index (χ4v) is 7.18. The number of fused-ring (bicyclic) bond motifs is 4. The maximum atomic E-state index is 2.64. The summed E-state index contributed by atoms with van der Waals surface area (Å²) in [5.74, 6) is 1.60. The average Bonchev–Trinajstić information content (AvgIpc) is 3.37. The number of allylic oxidation sites excluding steroid dienone is 4. The molecule has 0 aromatic heterocycles. The molecule has 0 N–H and O–H groups in total. The molecule has 1 saturated carbocycles. The molecule has 2 aromatic rings. The van der Waals surface area contributed by atoms with Crippen LogP contribution in [0.5, 0.6) is 0 Å². The topological polar surface area (TPSA) is 0 Å². The predicted molar refractivity (Wildman–Crippen MR) is 152 cm³/mol. The van der Waals surface area contributed by atoms with Crippen molar-refractivity contribution in [1.82, 2.24) is 0 Å².